The van der Waals surface area contributed by atoms with Gasteiger partial charge in [-0.05, 0) is 24.8 Å². The molecule has 0 radical (unpaired) electrons. The van der Waals surface area contributed by atoms with Gasteiger partial charge in [0.15, 0.2) is 0 Å². The van der Waals surface area contributed by atoms with E-state index >= 15 is 0 Å². The lowest BCUT2D eigenvalue weighted by molar-refractivity contribution is -0.125. The summed E-state index contributed by atoms with van der Waals surface area (Å²) >= 11 is 0. The average Bonchev–Trinajstić information content (AvgIpc) is 3.27. The third kappa shape index (κ3) is 5.08. The zero-order chi connectivity index (χ0) is 14.8. The highest BCUT2D eigenvalue weighted by Gasteiger charge is 2.35. The molecule has 3 atom stereocenters. The minimum Gasteiger partial charge on any atom is -0.352 e. The second-order valence-electron chi connectivity index (χ2n) is 6.45. The van der Waals surface area contributed by atoms with Crippen LogP contribution in [0.3, 0.4) is 0 Å². The number of hydrogen-bond acceptors (Lipinski definition) is 3. The van der Waals surface area contributed by atoms with Crippen molar-refractivity contribution in [1.82, 2.24) is 10.2 Å². The second kappa shape index (κ2) is 8.88. The average molecular weight is 360 g/mol. The molecular weight excluding hydrogens is 333 g/mol. The monoisotopic (exact) mass is 359 g/mol. The zero-order valence-electron chi connectivity index (χ0n) is 13.5. The predicted octanol–water partition coefficient (Wildman–Crippen LogP) is 2.52. The van der Waals surface area contributed by atoms with E-state index in [1.807, 2.05) is 37.3 Å². The number of nitrogens with two attached hydrogens (primary N) is 1. The molecule has 2 aliphatic rings. The lowest BCUT2D eigenvalue weighted by Crippen LogP contribution is -2.42. The molecule has 3 unspecified atom stereocenters. The molecule has 1 saturated carbocycles. The van der Waals surface area contributed by atoms with Crippen molar-refractivity contribution in [3.8, 4) is 0 Å². The Morgan fingerprint density at radius 2 is 1.87 bits per heavy atom. The summed E-state index contributed by atoms with van der Waals surface area (Å²) < 4.78 is 0. The smallest absolute Gasteiger partial charge is 0.225 e. The molecule has 1 aromatic carbocycles. The van der Waals surface area contributed by atoms with Gasteiger partial charge in [0, 0.05) is 31.2 Å². The van der Waals surface area contributed by atoms with Crippen molar-refractivity contribution >= 4 is 30.7 Å². The van der Waals surface area contributed by atoms with Crippen LogP contribution in [-0.2, 0) is 4.79 Å². The quantitative estimate of drug-likeness (QED) is 0.848. The van der Waals surface area contributed by atoms with Gasteiger partial charge in [0.1, 0.15) is 0 Å². The summed E-state index contributed by atoms with van der Waals surface area (Å²) in [5, 5.41) is 3.18. The number of likely N-dealkylation sites (tertiary alicyclic amines) is 1. The Labute approximate surface area is 151 Å². The molecule has 130 valence electrons. The summed E-state index contributed by atoms with van der Waals surface area (Å²) in [6, 6.07) is 10.7. The maximum atomic E-state index is 12.4. The van der Waals surface area contributed by atoms with Crippen molar-refractivity contribution < 1.29 is 4.79 Å². The zero-order valence-corrected chi connectivity index (χ0v) is 15.1. The molecule has 3 N–H and O–H groups in total. The molecule has 1 aliphatic carbocycles. The third-order valence-corrected chi connectivity index (χ3v) is 4.77. The van der Waals surface area contributed by atoms with Crippen LogP contribution in [-0.4, -0.2) is 36.0 Å². The molecule has 3 rings (SSSR count). The molecule has 0 spiro atoms. The maximum Gasteiger partial charge on any atom is 0.225 e. The van der Waals surface area contributed by atoms with Crippen LogP contribution in [0.15, 0.2) is 30.3 Å². The van der Waals surface area contributed by atoms with Crippen molar-refractivity contribution in [2.45, 2.75) is 44.3 Å². The minimum atomic E-state index is -0.243. The molecule has 1 heterocycles. The van der Waals surface area contributed by atoms with Crippen LogP contribution in [0.1, 0.15) is 37.8 Å². The molecule has 1 saturated heterocycles. The van der Waals surface area contributed by atoms with E-state index in [2.05, 4.69) is 10.2 Å². The molecular formula is C17H27Cl2N3O. The van der Waals surface area contributed by atoms with Gasteiger partial charge in [-0.25, -0.2) is 0 Å². The fourth-order valence-corrected chi connectivity index (χ4v) is 3.14. The molecule has 0 bridgehead atoms. The summed E-state index contributed by atoms with van der Waals surface area (Å²) in [5.41, 5.74) is 7.25. The Morgan fingerprint density at radius 3 is 2.48 bits per heavy atom. The third-order valence-electron chi connectivity index (χ3n) is 4.77. The van der Waals surface area contributed by atoms with Crippen LogP contribution in [0, 0.1) is 5.92 Å². The highest BCUT2D eigenvalue weighted by atomic mass is 35.5. The predicted molar refractivity (Wildman–Crippen MR) is 98.2 cm³/mol. The summed E-state index contributed by atoms with van der Waals surface area (Å²) in [7, 11) is 0. The van der Waals surface area contributed by atoms with E-state index in [0.29, 0.717) is 6.04 Å². The van der Waals surface area contributed by atoms with Crippen molar-refractivity contribution in [2.75, 3.05) is 13.1 Å². The molecule has 23 heavy (non-hydrogen) atoms. The van der Waals surface area contributed by atoms with Crippen LogP contribution in [0.4, 0.5) is 0 Å². The SMILES string of the molecule is CC(C(=O)NC1CCN(C2CC2)C1)C(N)c1ccccc1.Cl.Cl. The standard InChI is InChI=1S/C17H25N3O.2ClH/c1-12(16(18)13-5-3-2-4-6-13)17(21)19-14-9-10-20(11-14)15-7-8-15;;/h2-6,12,14-16H,7-11,18H2,1H3,(H,19,21);2*1H. The topological polar surface area (TPSA) is 58.4 Å². The van der Waals surface area contributed by atoms with Crippen molar-refractivity contribution in [3.05, 3.63) is 35.9 Å². The molecule has 4 nitrogen and oxygen atoms in total. The number of amides is 1. The fourth-order valence-electron chi connectivity index (χ4n) is 3.14. The molecule has 6 heteroatoms. The van der Waals surface area contributed by atoms with Gasteiger partial charge in [-0.1, -0.05) is 37.3 Å². The fraction of sp³-hybridized carbons (Fsp3) is 0.588. The highest BCUT2D eigenvalue weighted by molar-refractivity contribution is 5.85. The first-order valence-electron chi connectivity index (χ1n) is 8.00. The van der Waals surface area contributed by atoms with Gasteiger partial charge < -0.3 is 11.1 Å². The molecule has 2 fully saturated rings. The van der Waals surface area contributed by atoms with Crippen molar-refractivity contribution in [1.29, 1.82) is 0 Å². The van der Waals surface area contributed by atoms with E-state index in [4.69, 9.17) is 5.73 Å². The van der Waals surface area contributed by atoms with Gasteiger partial charge >= 0.3 is 0 Å². The van der Waals surface area contributed by atoms with Crippen molar-refractivity contribution in [3.63, 3.8) is 0 Å². The van der Waals surface area contributed by atoms with Crippen LogP contribution >= 0.6 is 24.8 Å². The number of hydrogen-bond donors (Lipinski definition) is 2. The Morgan fingerprint density at radius 1 is 1.22 bits per heavy atom. The maximum absolute atomic E-state index is 12.4. The van der Waals surface area contributed by atoms with Gasteiger partial charge in [0.2, 0.25) is 5.91 Å². The largest absolute Gasteiger partial charge is 0.352 e. The first-order valence-corrected chi connectivity index (χ1v) is 8.00. The van der Waals surface area contributed by atoms with Gasteiger partial charge in [-0.3, -0.25) is 9.69 Å². The molecule has 1 aromatic rings. The molecule has 1 aliphatic heterocycles. The Hall–Kier alpha value is -0.810. The van der Waals surface area contributed by atoms with Crippen LogP contribution in [0.25, 0.3) is 0 Å². The Bertz CT molecular complexity index is 496. The number of carbonyl (C=O) groups is 1. The second-order valence-corrected chi connectivity index (χ2v) is 6.45. The van der Waals surface area contributed by atoms with Gasteiger partial charge in [-0.15, -0.1) is 24.8 Å². The Balaban J connectivity index is 0.00000132. The number of benzene rings is 1. The van der Waals surface area contributed by atoms with Gasteiger partial charge in [0.05, 0.1) is 5.92 Å². The van der Waals surface area contributed by atoms with E-state index < -0.39 is 0 Å². The normalized spacial score (nSPS) is 23.3. The summed E-state index contributed by atoms with van der Waals surface area (Å²) in [6.45, 7) is 4.04. The summed E-state index contributed by atoms with van der Waals surface area (Å²) in [5.74, 6) is -0.128. The number of nitrogens with one attached hydrogen (secondary N) is 1. The number of halogens is 2. The van der Waals surface area contributed by atoms with Crippen molar-refractivity contribution in [2.24, 2.45) is 11.7 Å². The van der Waals surface area contributed by atoms with Crippen LogP contribution in [0.2, 0.25) is 0 Å². The first kappa shape index (κ1) is 20.2. The number of rotatable bonds is 5. The van der Waals surface area contributed by atoms with E-state index in [9.17, 15) is 4.79 Å². The van der Waals surface area contributed by atoms with Gasteiger partial charge in [-0.2, -0.15) is 0 Å². The first-order chi connectivity index (χ1) is 10.1. The summed E-state index contributed by atoms with van der Waals surface area (Å²) in [4.78, 5) is 14.9. The lowest BCUT2D eigenvalue weighted by atomic mass is 9.94. The Kier molecular flexibility index (Phi) is 7.81. The van der Waals surface area contributed by atoms with E-state index in [1.54, 1.807) is 0 Å². The summed E-state index contributed by atoms with van der Waals surface area (Å²) in [6.07, 6.45) is 3.72. The van der Waals surface area contributed by atoms with E-state index in [1.165, 1.54) is 12.8 Å². The molecule has 1 amide bonds. The van der Waals surface area contributed by atoms with Gasteiger partial charge in [0.25, 0.3) is 0 Å². The van der Waals surface area contributed by atoms with E-state index in [0.717, 1.165) is 31.1 Å². The van der Waals surface area contributed by atoms with E-state index in [-0.39, 0.29) is 42.7 Å². The van der Waals surface area contributed by atoms with Crippen LogP contribution < -0.4 is 11.1 Å². The number of carbonyl (C=O) groups excluding carboxylic acids is 1. The highest BCUT2D eigenvalue weighted by Crippen LogP contribution is 2.30. The number of nitrogens with zero attached hydrogens (tertiary/aromatic N) is 1. The minimum absolute atomic E-state index is 0. The lowest BCUT2D eigenvalue weighted by Gasteiger charge is -2.22. The van der Waals surface area contributed by atoms with Crippen LogP contribution in [0.5, 0.6) is 0 Å². The molecule has 0 aromatic heterocycles.